The molecule has 10 heteroatoms. The monoisotopic (exact) mass is 490 g/mol. The van der Waals surface area contributed by atoms with Crippen LogP contribution in [0.3, 0.4) is 0 Å². The third kappa shape index (κ3) is 4.45. The topological polar surface area (TPSA) is 122 Å². The second-order valence-electron chi connectivity index (χ2n) is 9.40. The summed E-state index contributed by atoms with van der Waals surface area (Å²) in [5, 5.41) is 16.3. The molecule has 10 nitrogen and oxygen atoms in total. The van der Waals surface area contributed by atoms with Gasteiger partial charge in [0.25, 0.3) is 5.91 Å². The lowest BCUT2D eigenvalue weighted by molar-refractivity contribution is 0.0724. The maximum Gasteiger partial charge on any atom is 0.254 e. The molecule has 1 aromatic carbocycles. The second kappa shape index (κ2) is 9.71. The Kier molecular flexibility index (Phi) is 6.46. The van der Waals surface area contributed by atoms with E-state index in [2.05, 4.69) is 25.6 Å². The highest BCUT2D eigenvalue weighted by Crippen LogP contribution is 2.37. The zero-order chi connectivity index (χ0) is 25.3. The number of rotatable bonds is 7. The van der Waals surface area contributed by atoms with E-state index in [-0.39, 0.29) is 18.6 Å². The first-order chi connectivity index (χ1) is 17.4. The first-order valence-electron chi connectivity index (χ1n) is 11.9. The Morgan fingerprint density at radius 1 is 1.28 bits per heavy atom. The normalized spacial score (nSPS) is 20.7. The number of pyridine rings is 1. The number of carbonyl (C=O) groups is 1. The van der Waals surface area contributed by atoms with E-state index in [0.29, 0.717) is 48.3 Å². The molecule has 2 aliphatic heterocycles. The summed E-state index contributed by atoms with van der Waals surface area (Å²) >= 11 is 0. The highest BCUT2D eigenvalue weighted by atomic mass is 16.5. The van der Waals surface area contributed by atoms with Gasteiger partial charge in [-0.3, -0.25) is 4.79 Å². The molecule has 188 valence electrons. The fraction of sp³-hybridized carbons (Fsp3) is 0.385. The molecule has 2 unspecified atom stereocenters. The van der Waals surface area contributed by atoms with Crippen LogP contribution >= 0.6 is 0 Å². The van der Waals surface area contributed by atoms with Crippen LogP contribution in [0.4, 0.5) is 17.5 Å². The Morgan fingerprint density at radius 2 is 2.14 bits per heavy atom. The number of aliphatic hydroxyl groups excluding tert-OH is 1. The van der Waals surface area contributed by atoms with Crippen molar-refractivity contribution in [2.45, 2.75) is 24.9 Å². The molecule has 3 aromatic rings. The Bertz CT molecular complexity index is 1290. The van der Waals surface area contributed by atoms with Gasteiger partial charge < -0.3 is 30.1 Å². The summed E-state index contributed by atoms with van der Waals surface area (Å²) < 4.78 is 10.9. The van der Waals surface area contributed by atoms with Gasteiger partial charge in [-0.15, -0.1) is 0 Å². The summed E-state index contributed by atoms with van der Waals surface area (Å²) in [4.78, 5) is 28.3. The van der Waals surface area contributed by atoms with E-state index >= 15 is 0 Å². The predicted molar refractivity (Wildman–Crippen MR) is 136 cm³/mol. The largest absolute Gasteiger partial charge is 0.495 e. The van der Waals surface area contributed by atoms with Gasteiger partial charge in [0.05, 0.1) is 31.2 Å². The Hall–Kier alpha value is -3.76. The predicted octanol–water partition coefficient (Wildman–Crippen LogP) is 2.83. The minimum atomic E-state index is -0.390. The molecular weight excluding hydrogens is 460 g/mol. The van der Waals surface area contributed by atoms with Crippen LogP contribution in [-0.2, 0) is 10.2 Å². The maximum absolute atomic E-state index is 12.9. The number of amides is 1. The number of aliphatic hydroxyl groups is 1. The molecule has 0 aliphatic carbocycles. The molecule has 2 aliphatic rings. The number of nitrogens with zero attached hydrogens (tertiary/aromatic N) is 4. The van der Waals surface area contributed by atoms with Crippen LogP contribution in [-0.4, -0.2) is 77.4 Å². The van der Waals surface area contributed by atoms with Gasteiger partial charge in [0, 0.05) is 61.2 Å². The molecule has 4 heterocycles. The first kappa shape index (κ1) is 24.0. The van der Waals surface area contributed by atoms with Crippen LogP contribution in [0.2, 0.25) is 0 Å². The van der Waals surface area contributed by atoms with Crippen molar-refractivity contribution in [3.8, 4) is 17.0 Å². The van der Waals surface area contributed by atoms with Gasteiger partial charge in [0.2, 0.25) is 5.95 Å². The fourth-order valence-electron chi connectivity index (χ4n) is 4.64. The van der Waals surface area contributed by atoms with E-state index in [4.69, 9.17) is 9.47 Å². The van der Waals surface area contributed by atoms with Crippen LogP contribution in [0.15, 0.2) is 42.7 Å². The smallest absolute Gasteiger partial charge is 0.254 e. The number of ether oxygens (including phenoxy) is 2. The molecule has 1 saturated heterocycles. The lowest BCUT2D eigenvalue weighted by atomic mass is 9.85. The molecule has 0 radical (unpaired) electrons. The van der Waals surface area contributed by atoms with E-state index in [1.165, 1.54) is 0 Å². The lowest BCUT2D eigenvalue weighted by Crippen LogP contribution is -2.29. The summed E-state index contributed by atoms with van der Waals surface area (Å²) in [6.45, 7) is 3.92. The zero-order valence-corrected chi connectivity index (χ0v) is 20.6. The van der Waals surface area contributed by atoms with Gasteiger partial charge in [-0.05, 0) is 36.8 Å². The SMILES string of the molecule is COc1cc(C(=O)N2CCC(OC)C2)ccc1Nc1nccc(-c2cnc3c(c2)C(C)(CO)CN3)n1. The maximum atomic E-state index is 12.9. The summed E-state index contributed by atoms with van der Waals surface area (Å²) in [7, 11) is 3.23. The third-order valence-electron chi connectivity index (χ3n) is 6.94. The molecule has 0 saturated carbocycles. The van der Waals surface area contributed by atoms with Crippen molar-refractivity contribution in [3.63, 3.8) is 0 Å². The summed E-state index contributed by atoms with van der Waals surface area (Å²) in [5.41, 5.74) is 3.30. The molecule has 36 heavy (non-hydrogen) atoms. The molecule has 3 N–H and O–H groups in total. The molecular formula is C26H30N6O4. The summed E-state index contributed by atoms with van der Waals surface area (Å²) in [6.07, 6.45) is 4.35. The Balaban J connectivity index is 1.37. The number of aromatic nitrogens is 3. The number of fused-ring (bicyclic) bond motifs is 1. The molecule has 5 rings (SSSR count). The average molecular weight is 491 g/mol. The summed E-state index contributed by atoms with van der Waals surface area (Å²) in [5.74, 6) is 1.64. The number of nitrogens with one attached hydrogen (secondary N) is 2. The first-order valence-corrected chi connectivity index (χ1v) is 11.9. The van der Waals surface area contributed by atoms with Crippen molar-refractivity contribution in [2.24, 2.45) is 0 Å². The van der Waals surface area contributed by atoms with Crippen molar-refractivity contribution in [1.82, 2.24) is 19.9 Å². The highest BCUT2D eigenvalue weighted by molar-refractivity contribution is 5.95. The molecule has 0 bridgehead atoms. The van der Waals surface area contributed by atoms with Crippen molar-refractivity contribution in [1.29, 1.82) is 0 Å². The highest BCUT2D eigenvalue weighted by Gasteiger charge is 2.35. The lowest BCUT2D eigenvalue weighted by Gasteiger charge is -2.20. The minimum Gasteiger partial charge on any atom is -0.495 e. The number of carbonyl (C=O) groups excluding carboxylic acids is 1. The van der Waals surface area contributed by atoms with E-state index < -0.39 is 5.41 Å². The van der Waals surface area contributed by atoms with Gasteiger partial charge in [0.1, 0.15) is 11.6 Å². The van der Waals surface area contributed by atoms with E-state index in [9.17, 15) is 9.90 Å². The van der Waals surface area contributed by atoms with Crippen molar-refractivity contribution in [3.05, 3.63) is 53.9 Å². The third-order valence-corrected chi connectivity index (χ3v) is 6.94. The molecule has 1 amide bonds. The average Bonchev–Trinajstić information content (AvgIpc) is 3.53. The Morgan fingerprint density at radius 3 is 2.89 bits per heavy atom. The van der Waals surface area contributed by atoms with Crippen LogP contribution in [0.25, 0.3) is 11.3 Å². The quantitative estimate of drug-likeness (QED) is 0.459. The van der Waals surface area contributed by atoms with Gasteiger partial charge in [-0.1, -0.05) is 6.92 Å². The molecule has 2 atom stereocenters. The number of hydrogen-bond donors (Lipinski definition) is 3. The standard InChI is InChI=1S/C26H30N6O4/c1-26(15-33)14-29-23-19(26)10-17(12-28-23)20-6-8-27-25(30-20)31-21-5-4-16(11-22(21)36-3)24(34)32-9-7-18(13-32)35-2/h4-6,8,10-12,18,33H,7,9,13-15H2,1-3H3,(H,28,29)(H,27,30,31). The fourth-order valence-corrected chi connectivity index (χ4v) is 4.64. The Labute approximate surface area is 209 Å². The van der Waals surface area contributed by atoms with Gasteiger partial charge >= 0.3 is 0 Å². The molecule has 0 spiro atoms. The molecule has 2 aromatic heterocycles. The van der Waals surface area contributed by atoms with Crippen LogP contribution in [0, 0.1) is 0 Å². The van der Waals surface area contributed by atoms with Gasteiger partial charge in [0.15, 0.2) is 0 Å². The summed E-state index contributed by atoms with van der Waals surface area (Å²) in [6, 6.07) is 9.11. The van der Waals surface area contributed by atoms with Crippen LogP contribution in [0.1, 0.15) is 29.3 Å². The van der Waals surface area contributed by atoms with Crippen LogP contribution in [0.5, 0.6) is 5.75 Å². The van der Waals surface area contributed by atoms with E-state index in [1.54, 1.807) is 49.7 Å². The van der Waals surface area contributed by atoms with E-state index in [1.807, 2.05) is 19.1 Å². The van der Waals surface area contributed by atoms with Gasteiger partial charge in [-0.2, -0.15) is 0 Å². The number of methoxy groups -OCH3 is 2. The van der Waals surface area contributed by atoms with E-state index in [0.717, 1.165) is 23.4 Å². The van der Waals surface area contributed by atoms with Crippen molar-refractivity contribution in [2.75, 3.05) is 51.1 Å². The second-order valence-corrected chi connectivity index (χ2v) is 9.40. The minimum absolute atomic E-state index is 0.0255. The zero-order valence-electron chi connectivity index (χ0n) is 20.6. The number of likely N-dealkylation sites (tertiary alicyclic amines) is 1. The van der Waals surface area contributed by atoms with Crippen LogP contribution < -0.4 is 15.4 Å². The van der Waals surface area contributed by atoms with Gasteiger partial charge in [-0.25, -0.2) is 15.0 Å². The van der Waals surface area contributed by atoms with Crippen molar-refractivity contribution < 1.29 is 19.4 Å². The number of hydrogen-bond acceptors (Lipinski definition) is 9. The number of anilines is 3. The number of benzene rings is 1. The molecule has 1 fully saturated rings. The van der Waals surface area contributed by atoms with Crippen molar-refractivity contribution >= 4 is 23.4 Å².